The summed E-state index contributed by atoms with van der Waals surface area (Å²) in [5.74, 6) is 0. The summed E-state index contributed by atoms with van der Waals surface area (Å²) in [7, 11) is -3.88. The number of unbranched alkanes of at least 4 members (excludes halogenated alkanes) is 16. The molecular weight excluding hydrogens is 372 g/mol. The maximum atomic E-state index is 11.5. The van der Waals surface area contributed by atoms with Crippen LogP contribution < -0.4 is 0 Å². The Morgan fingerprint density at radius 2 is 0.893 bits per heavy atom. The highest BCUT2D eigenvalue weighted by molar-refractivity contribution is 7.86. The molecule has 0 amide bonds. The summed E-state index contributed by atoms with van der Waals surface area (Å²) in [6.07, 6.45) is 22.7. The van der Waals surface area contributed by atoms with E-state index in [1.54, 1.807) is 0 Å². The SMILES string of the molecule is CCCCCC(CCCCCCCCCCCCCCCCCO)S(=O)(=O)O. The van der Waals surface area contributed by atoms with E-state index in [1.807, 2.05) is 0 Å². The molecule has 0 fully saturated rings. The monoisotopic (exact) mass is 420 g/mol. The lowest BCUT2D eigenvalue weighted by atomic mass is 10.0. The molecule has 0 rings (SSSR count). The van der Waals surface area contributed by atoms with E-state index in [0.29, 0.717) is 19.4 Å². The van der Waals surface area contributed by atoms with Crippen LogP contribution in [0, 0.1) is 0 Å². The summed E-state index contributed by atoms with van der Waals surface area (Å²) >= 11 is 0. The van der Waals surface area contributed by atoms with Crippen molar-refractivity contribution >= 4 is 10.1 Å². The highest BCUT2D eigenvalue weighted by atomic mass is 32.2. The van der Waals surface area contributed by atoms with E-state index in [-0.39, 0.29) is 0 Å². The molecule has 0 aromatic carbocycles. The van der Waals surface area contributed by atoms with E-state index < -0.39 is 15.4 Å². The summed E-state index contributed by atoms with van der Waals surface area (Å²) in [6.45, 7) is 2.44. The fraction of sp³-hybridized carbons (Fsp3) is 1.00. The van der Waals surface area contributed by atoms with Gasteiger partial charge in [0.1, 0.15) is 0 Å². The van der Waals surface area contributed by atoms with E-state index in [1.165, 1.54) is 77.0 Å². The van der Waals surface area contributed by atoms with Crippen LogP contribution in [0.1, 0.15) is 135 Å². The molecule has 0 aliphatic carbocycles. The van der Waals surface area contributed by atoms with Gasteiger partial charge in [0.15, 0.2) is 0 Å². The van der Waals surface area contributed by atoms with Crippen molar-refractivity contribution in [3.8, 4) is 0 Å². The van der Waals surface area contributed by atoms with E-state index in [0.717, 1.165) is 38.5 Å². The molecule has 0 aromatic rings. The van der Waals surface area contributed by atoms with Crippen molar-refractivity contribution in [2.24, 2.45) is 0 Å². The molecule has 4 nitrogen and oxygen atoms in total. The Hall–Kier alpha value is -0.130. The molecular formula is C23H48O4S. The second-order valence-corrected chi connectivity index (χ2v) is 10.1. The molecule has 170 valence electrons. The first kappa shape index (κ1) is 27.9. The number of aliphatic hydroxyl groups is 1. The molecule has 1 atom stereocenters. The molecule has 0 bridgehead atoms. The number of hydrogen-bond donors (Lipinski definition) is 2. The van der Waals surface area contributed by atoms with Crippen LogP contribution in [0.15, 0.2) is 0 Å². The minimum absolute atomic E-state index is 0.337. The van der Waals surface area contributed by atoms with Crippen molar-refractivity contribution in [2.75, 3.05) is 6.61 Å². The Balaban J connectivity index is 3.40. The molecule has 0 saturated heterocycles. The molecule has 0 aliphatic rings. The van der Waals surface area contributed by atoms with Gasteiger partial charge in [0.05, 0.1) is 5.25 Å². The Morgan fingerprint density at radius 1 is 0.571 bits per heavy atom. The normalized spacial score (nSPS) is 13.1. The molecule has 2 N–H and O–H groups in total. The molecule has 0 aromatic heterocycles. The van der Waals surface area contributed by atoms with Crippen molar-refractivity contribution < 1.29 is 18.1 Å². The molecule has 0 radical (unpaired) electrons. The molecule has 0 heterocycles. The van der Waals surface area contributed by atoms with Gasteiger partial charge in [-0.15, -0.1) is 0 Å². The Morgan fingerprint density at radius 3 is 1.21 bits per heavy atom. The Bertz CT molecular complexity index is 409. The van der Waals surface area contributed by atoms with E-state index in [9.17, 15) is 13.0 Å². The van der Waals surface area contributed by atoms with Crippen LogP contribution in [-0.4, -0.2) is 29.9 Å². The molecule has 0 saturated carbocycles. The van der Waals surface area contributed by atoms with Crippen LogP contribution in [0.4, 0.5) is 0 Å². The predicted octanol–water partition coefficient (Wildman–Crippen LogP) is 7.06. The molecule has 0 aliphatic heterocycles. The van der Waals surface area contributed by atoms with Crippen LogP contribution in [0.5, 0.6) is 0 Å². The minimum Gasteiger partial charge on any atom is -0.396 e. The van der Waals surface area contributed by atoms with Crippen LogP contribution in [0.2, 0.25) is 0 Å². The summed E-state index contributed by atoms with van der Waals surface area (Å²) in [4.78, 5) is 0. The van der Waals surface area contributed by atoms with E-state index in [4.69, 9.17) is 5.11 Å². The van der Waals surface area contributed by atoms with Gasteiger partial charge in [0.2, 0.25) is 0 Å². The third-order valence-corrected chi connectivity index (χ3v) is 7.05. The summed E-state index contributed by atoms with van der Waals surface area (Å²) < 4.78 is 32.3. The first-order chi connectivity index (χ1) is 13.5. The van der Waals surface area contributed by atoms with E-state index in [2.05, 4.69) is 6.92 Å². The standard InChI is InChI=1S/C23H48O4S/c1-2-3-17-20-23(28(25,26)27)21-18-15-13-11-9-7-5-4-6-8-10-12-14-16-19-22-24/h23-24H,2-22H2,1H3,(H,25,26,27). The van der Waals surface area contributed by atoms with Gasteiger partial charge in [-0.25, -0.2) is 0 Å². The smallest absolute Gasteiger partial charge is 0.267 e. The van der Waals surface area contributed by atoms with Crippen LogP contribution >= 0.6 is 0 Å². The summed E-state index contributed by atoms with van der Waals surface area (Å²) in [5, 5.41) is 8.18. The van der Waals surface area contributed by atoms with Gasteiger partial charge < -0.3 is 5.11 Å². The molecule has 0 spiro atoms. The zero-order valence-electron chi connectivity index (χ0n) is 18.5. The number of rotatable bonds is 22. The summed E-state index contributed by atoms with van der Waals surface area (Å²) in [5.41, 5.74) is 0. The fourth-order valence-electron chi connectivity index (χ4n) is 3.85. The van der Waals surface area contributed by atoms with Crippen molar-refractivity contribution in [1.29, 1.82) is 0 Å². The van der Waals surface area contributed by atoms with Gasteiger partial charge in [-0.05, 0) is 19.3 Å². The van der Waals surface area contributed by atoms with Gasteiger partial charge in [-0.1, -0.05) is 116 Å². The number of aliphatic hydroxyl groups excluding tert-OH is 1. The second kappa shape index (κ2) is 20.2. The Labute approximate surface area is 175 Å². The van der Waals surface area contributed by atoms with Gasteiger partial charge in [0.25, 0.3) is 10.1 Å². The molecule has 28 heavy (non-hydrogen) atoms. The lowest BCUT2D eigenvalue weighted by Crippen LogP contribution is -2.20. The Kier molecular flexibility index (Phi) is 20.1. The lowest BCUT2D eigenvalue weighted by Gasteiger charge is -2.13. The fourth-order valence-corrected chi connectivity index (χ4v) is 4.78. The zero-order valence-corrected chi connectivity index (χ0v) is 19.4. The first-order valence-electron chi connectivity index (χ1n) is 12.1. The first-order valence-corrected chi connectivity index (χ1v) is 13.6. The van der Waals surface area contributed by atoms with Crippen LogP contribution in [0.3, 0.4) is 0 Å². The van der Waals surface area contributed by atoms with Gasteiger partial charge in [0, 0.05) is 6.61 Å². The van der Waals surface area contributed by atoms with E-state index >= 15 is 0 Å². The third kappa shape index (κ3) is 19.2. The average Bonchev–Trinajstić information content (AvgIpc) is 2.65. The van der Waals surface area contributed by atoms with Crippen molar-refractivity contribution in [3.05, 3.63) is 0 Å². The van der Waals surface area contributed by atoms with Crippen molar-refractivity contribution in [2.45, 2.75) is 141 Å². The highest BCUT2D eigenvalue weighted by Gasteiger charge is 2.21. The molecule has 5 heteroatoms. The van der Waals surface area contributed by atoms with Gasteiger partial charge in [-0.3, -0.25) is 4.55 Å². The number of hydrogen-bond acceptors (Lipinski definition) is 3. The maximum absolute atomic E-state index is 11.5. The lowest BCUT2D eigenvalue weighted by molar-refractivity contribution is 0.282. The zero-order chi connectivity index (χ0) is 20.9. The third-order valence-electron chi connectivity index (χ3n) is 5.74. The quantitative estimate of drug-likeness (QED) is 0.145. The minimum atomic E-state index is -3.88. The largest absolute Gasteiger partial charge is 0.396 e. The maximum Gasteiger partial charge on any atom is 0.267 e. The average molecular weight is 421 g/mol. The second-order valence-electron chi connectivity index (χ2n) is 8.45. The topological polar surface area (TPSA) is 74.6 Å². The van der Waals surface area contributed by atoms with Crippen molar-refractivity contribution in [3.63, 3.8) is 0 Å². The molecule has 1 unspecified atom stereocenters. The highest BCUT2D eigenvalue weighted by Crippen LogP contribution is 2.19. The van der Waals surface area contributed by atoms with Crippen LogP contribution in [-0.2, 0) is 10.1 Å². The van der Waals surface area contributed by atoms with Crippen LogP contribution in [0.25, 0.3) is 0 Å². The summed E-state index contributed by atoms with van der Waals surface area (Å²) in [6, 6.07) is 0. The van der Waals surface area contributed by atoms with Gasteiger partial charge >= 0.3 is 0 Å². The van der Waals surface area contributed by atoms with Gasteiger partial charge in [-0.2, -0.15) is 8.42 Å². The van der Waals surface area contributed by atoms with Crippen molar-refractivity contribution in [1.82, 2.24) is 0 Å². The predicted molar refractivity (Wildman–Crippen MR) is 120 cm³/mol.